The van der Waals surface area contributed by atoms with Gasteiger partial charge in [0.1, 0.15) is 0 Å². The van der Waals surface area contributed by atoms with Crippen molar-refractivity contribution in [1.29, 1.82) is 0 Å². The summed E-state index contributed by atoms with van der Waals surface area (Å²) >= 11 is 1.98. The largest absolute Gasteiger partial charge is 0.352 e. The van der Waals surface area contributed by atoms with E-state index in [9.17, 15) is 9.59 Å². The highest BCUT2D eigenvalue weighted by Crippen LogP contribution is 2.25. The van der Waals surface area contributed by atoms with Gasteiger partial charge in [-0.1, -0.05) is 19.1 Å². The lowest BCUT2D eigenvalue weighted by atomic mass is 9.98. The average molecular weight is 349 g/mol. The lowest BCUT2D eigenvalue weighted by Crippen LogP contribution is -2.31. The van der Waals surface area contributed by atoms with Gasteiger partial charge in [0.2, 0.25) is 5.91 Å². The zero-order valence-corrected chi connectivity index (χ0v) is 15.5. The summed E-state index contributed by atoms with van der Waals surface area (Å²) in [5.41, 5.74) is 1.67. The second kappa shape index (κ2) is 9.72. The molecule has 2 rings (SSSR count). The first kappa shape index (κ1) is 18.8. The Morgan fingerprint density at radius 3 is 2.50 bits per heavy atom. The molecule has 1 fully saturated rings. The number of rotatable bonds is 7. The van der Waals surface area contributed by atoms with Gasteiger partial charge >= 0.3 is 0 Å². The van der Waals surface area contributed by atoms with Crippen LogP contribution in [0, 0.1) is 5.92 Å². The van der Waals surface area contributed by atoms with Gasteiger partial charge in [-0.05, 0) is 61.3 Å². The van der Waals surface area contributed by atoms with Gasteiger partial charge in [-0.2, -0.15) is 11.8 Å². The molecule has 132 valence electrons. The number of benzene rings is 1. The van der Waals surface area contributed by atoms with Crippen molar-refractivity contribution in [1.82, 2.24) is 10.6 Å². The van der Waals surface area contributed by atoms with E-state index in [-0.39, 0.29) is 17.9 Å². The number of carbonyl (C=O) groups is 2. The van der Waals surface area contributed by atoms with E-state index in [0.717, 1.165) is 24.8 Å². The van der Waals surface area contributed by atoms with E-state index in [2.05, 4.69) is 10.6 Å². The monoisotopic (exact) mass is 348 g/mol. The van der Waals surface area contributed by atoms with Gasteiger partial charge in [-0.3, -0.25) is 9.59 Å². The molecule has 1 atom stereocenters. The van der Waals surface area contributed by atoms with Crippen molar-refractivity contribution in [3.05, 3.63) is 35.4 Å². The summed E-state index contributed by atoms with van der Waals surface area (Å²) in [7, 11) is 0. The van der Waals surface area contributed by atoms with Crippen LogP contribution < -0.4 is 10.6 Å². The molecule has 1 aliphatic heterocycles. The summed E-state index contributed by atoms with van der Waals surface area (Å²) in [6, 6.07) is 7.62. The molecule has 1 heterocycles. The average Bonchev–Trinajstić information content (AvgIpc) is 2.61. The number of carbonyl (C=O) groups excluding carboxylic acids is 2. The molecule has 0 spiro atoms. The third-order valence-corrected chi connectivity index (χ3v) is 5.56. The number of nitrogens with one attached hydrogen (secondary N) is 2. The van der Waals surface area contributed by atoms with Gasteiger partial charge in [0, 0.05) is 24.6 Å². The van der Waals surface area contributed by atoms with Gasteiger partial charge in [-0.15, -0.1) is 0 Å². The van der Waals surface area contributed by atoms with Crippen LogP contribution in [0.1, 0.15) is 55.5 Å². The Bertz CT molecular complexity index is 539. The van der Waals surface area contributed by atoms with E-state index in [4.69, 9.17) is 0 Å². The SMILES string of the molecule is CCC(C)NC(=O)c1ccc(CNC(=O)CC2CCSCC2)cc1. The van der Waals surface area contributed by atoms with Crippen LogP contribution in [0.4, 0.5) is 0 Å². The van der Waals surface area contributed by atoms with Gasteiger partial charge in [0.25, 0.3) is 5.91 Å². The molecular formula is C19H28N2O2S. The van der Waals surface area contributed by atoms with Crippen LogP contribution >= 0.6 is 11.8 Å². The predicted molar refractivity (Wildman–Crippen MR) is 100 cm³/mol. The summed E-state index contributed by atoms with van der Waals surface area (Å²) in [5.74, 6) is 2.98. The fourth-order valence-corrected chi connectivity index (χ4v) is 3.87. The van der Waals surface area contributed by atoms with Crippen molar-refractivity contribution in [2.45, 2.75) is 52.1 Å². The normalized spacial score (nSPS) is 16.4. The third-order valence-electron chi connectivity index (χ3n) is 4.51. The van der Waals surface area contributed by atoms with Crippen LogP contribution in [-0.2, 0) is 11.3 Å². The molecule has 0 aliphatic carbocycles. The number of thioether (sulfide) groups is 1. The Hall–Kier alpha value is -1.49. The molecule has 1 unspecified atom stereocenters. The first-order chi connectivity index (χ1) is 11.6. The summed E-state index contributed by atoms with van der Waals surface area (Å²) < 4.78 is 0. The highest BCUT2D eigenvalue weighted by Gasteiger charge is 2.17. The smallest absolute Gasteiger partial charge is 0.251 e. The summed E-state index contributed by atoms with van der Waals surface area (Å²) in [5, 5.41) is 5.94. The fourth-order valence-electron chi connectivity index (χ4n) is 2.67. The van der Waals surface area contributed by atoms with E-state index in [1.807, 2.05) is 49.9 Å². The Balaban J connectivity index is 1.76. The van der Waals surface area contributed by atoms with Crippen molar-refractivity contribution >= 4 is 23.6 Å². The van der Waals surface area contributed by atoms with Gasteiger partial charge in [-0.25, -0.2) is 0 Å². The first-order valence-corrected chi connectivity index (χ1v) is 9.98. The molecule has 1 saturated heterocycles. The van der Waals surface area contributed by atoms with E-state index in [0.29, 0.717) is 24.4 Å². The van der Waals surface area contributed by atoms with E-state index >= 15 is 0 Å². The molecule has 5 heteroatoms. The van der Waals surface area contributed by atoms with Crippen molar-refractivity contribution in [3.8, 4) is 0 Å². The van der Waals surface area contributed by atoms with Crippen LogP contribution in [0.2, 0.25) is 0 Å². The zero-order valence-electron chi connectivity index (χ0n) is 14.6. The quantitative estimate of drug-likeness (QED) is 0.794. The zero-order chi connectivity index (χ0) is 17.4. The molecule has 24 heavy (non-hydrogen) atoms. The second-order valence-corrected chi connectivity index (χ2v) is 7.74. The van der Waals surface area contributed by atoms with Crippen LogP contribution in [0.25, 0.3) is 0 Å². The molecule has 4 nitrogen and oxygen atoms in total. The lowest BCUT2D eigenvalue weighted by Gasteiger charge is -2.20. The molecule has 0 radical (unpaired) electrons. The van der Waals surface area contributed by atoms with Crippen LogP contribution in [0.5, 0.6) is 0 Å². The molecule has 2 N–H and O–H groups in total. The molecule has 0 aromatic heterocycles. The van der Waals surface area contributed by atoms with Crippen molar-refractivity contribution in [2.75, 3.05) is 11.5 Å². The number of hydrogen-bond acceptors (Lipinski definition) is 3. The Morgan fingerprint density at radius 1 is 1.21 bits per heavy atom. The number of amides is 2. The van der Waals surface area contributed by atoms with Gasteiger partial charge < -0.3 is 10.6 Å². The van der Waals surface area contributed by atoms with E-state index in [1.165, 1.54) is 11.5 Å². The lowest BCUT2D eigenvalue weighted by molar-refractivity contribution is -0.122. The summed E-state index contributed by atoms with van der Waals surface area (Å²) in [6.45, 7) is 4.56. The van der Waals surface area contributed by atoms with Crippen molar-refractivity contribution in [3.63, 3.8) is 0 Å². The predicted octanol–water partition coefficient (Wildman–Crippen LogP) is 3.36. The van der Waals surface area contributed by atoms with Crippen LogP contribution in [0.3, 0.4) is 0 Å². The molecular weight excluding hydrogens is 320 g/mol. The number of hydrogen-bond donors (Lipinski definition) is 2. The Labute approximate surface area is 149 Å². The van der Waals surface area contributed by atoms with E-state index in [1.54, 1.807) is 0 Å². The minimum atomic E-state index is -0.0462. The summed E-state index contributed by atoms with van der Waals surface area (Å²) in [4.78, 5) is 24.1. The topological polar surface area (TPSA) is 58.2 Å². The fraction of sp³-hybridized carbons (Fsp3) is 0.579. The van der Waals surface area contributed by atoms with Crippen LogP contribution in [-0.4, -0.2) is 29.4 Å². The van der Waals surface area contributed by atoms with Crippen molar-refractivity contribution < 1.29 is 9.59 Å². The maximum absolute atomic E-state index is 12.0. The standard InChI is InChI=1S/C19H28N2O2S/c1-3-14(2)21-19(23)17-6-4-16(5-7-17)13-20-18(22)12-15-8-10-24-11-9-15/h4-7,14-15H,3,8-13H2,1-2H3,(H,20,22)(H,21,23). The highest BCUT2D eigenvalue weighted by atomic mass is 32.2. The molecule has 1 aromatic rings. The molecule has 0 saturated carbocycles. The maximum Gasteiger partial charge on any atom is 0.251 e. The minimum absolute atomic E-state index is 0.0462. The molecule has 0 bridgehead atoms. The highest BCUT2D eigenvalue weighted by molar-refractivity contribution is 7.99. The maximum atomic E-state index is 12.0. The Morgan fingerprint density at radius 2 is 1.88 bits per heavy atom. The molecule has 2 amide bonds. The minimum Gasteiger partial charge on any atom is -0.352 e. The molecule has 1 aromatic carbocycles. The van der Waals surface area contributed by atoms with E-state index < -0.39 is 0 Å². The van der Waals surface area contributed by atoms with Crippen molar-refractivity contribution in [2.24, 2.45) is 5.92 Å². The van der Waals surface area contributed by atoms with Gasteiger partial charge in [0.05, 0.1) is 0 Å². The second-order valence-electron chi connectivity index (χ2n) is 6.52. The van der Waals surface area contributed by atoms with Gasteiger partial charge in [0.15, 0.2) is 0 Å². The van der Waals surface area contributed by atoms with Crippen LogP contribution in [0.15, 0.2) is 24.3 Å². The Kier molecular flexibility index (Phi) is 7.63. The summed E-state index contributed by atoms with van der Waals surface area (Å²) in [6.07, 6.45) is 3.85. The third kappa shape index (κ3) is 6.19. The first-order valence-electron chi connectivity index (χ1n) is 8.82. The molecule has 1 aliphatic rings.